The van der Waals surface area contributed by atoms with Gasteiger partial charge in [-0.25, -0.2) is 0 Å². The molecular weight excluding hydrogens is 242 g/mol. The molecule has 98 valence electrons. The minimum Gasteiger partial charge on any atom is -0.496 e. The number of rotatable bonds is 3. The van der Waals surface area contributed by atoms with E-state index < -0.39 is 0 Å². The Hall–Kier alpha value is -2.14. The molecule has 0 bridgehead atoms. The molecule has 2 N–H and O–H groups in total. The molecule has 0 radical (unpaired) electrons. The molecule has 0 aliphatic heterocycles. The molecule has 2 aromatic rings. The summed E-state index contributed by atoms with van der Waals surface area (Å²) >= 11 is 0. The molecule has 1 aromatic heterocycles. The molecule has 5 heteroatoms. The van der Waals surface area contributed by atoms with Crippen LogP contribution in [0, 0.1) is 0 Å². The number of hydrogen-bond donors (Lipinski definition) is 1. The van der Waals surface area contributed by atoms with Crippen molar-refractivity contribution in [3.8, 4) is 17.1 Å². The molecule has 19 heavy (non-hydrogen) atoms. The smallest absolute Gasteiger partial charge is 0.233 e. The summed E-state index contributed by atoms with van der Waals surface area (Å²) in [6.45, 7) is 0. The van der Waals surface area contributed by atoms with Gasteiger partial charge in [-0.3, -0.25) is 0 Å². The number of aromatic nitrogens is 2. The summed E-state index contributed by atoms with van der Waals surface area (Å²) in [5, 5.41) is 4.02. The lowest BCUT2D eigenvalue weighted by molar-refractivity contribution is 0.364. The van der Waals surface area contributed by atoms with Crippen molar-refractivity contribution in [2.24, 2.45) is 5.73 Å². The van der Waals surface area contributed by atoms with Gasteiger partial charge in [-0.05, 0) is 18.6 Å². The van der Waals surface area contributed by atoms with E-state index in [2.05, 4.69) is 10.1 Å². The summed E-state index contributed by atoms with van der Waals surface area (Å²) in [7, 11) is 1.62. The minimum absolute atomic E-state index is 0.0756. The molecule has 0 amide bonds. The van der Waals surface area contributed by atoms with Crippen LogP contribution in [-0.2, 0) is 0 Å². The molecule has 5 nitrogen and oxygen atoms in total. The van der Waals surface area contributed by atoms with Crippen LogP contribution in [0.2, 0.25) is 0 Å². The van der Waals surface area contributed by atoms with Crippen LogP contribution in [0.5, 0.6) is 5.75 Å². The lowest BCUT2D eigenvalue weighted by atomic mass is 10.1. The highest BCUT2D eigenvalue weighted by molar-refractivity contribution is 5.63. The van der Waals surface area contributed by atoms with Crippen LogP contribution in [0.15, 0.2) is 40.9 Å². The van der Waals surface area contributed by atoms with Crippen LogP contribution in [0.4, 0.5) is 0 Å². The summed E-state index contributed by atoms with van der Waals surface area (Å²) in [5.41, 5.74) is 6.65. The van der Waals surface area contributed by atoms with Gasteiger partial charge in [0.15, 0.2) is 0 Å². The van der Waals surface area contributed by atoms with Gasteiger partial charge < -0.3 is 15.0 Å². The Labute approximate surface area is 111 Å². The first-order chi connectivity index (χ1) is 9.28. The van der Waals surface area contributed by atoms with E-state index in [1.165, 1.54) is 0 Å². The van der Waals surface area contributed by atoms with Crippen molar-refractivity contribution in [3.63, 3.8) is 0 Å². The van der Waals surface area contributed by atoms with Crippen LogP contribution in [-0.4, -0.2) is 23.3 Å². The van der Waals surface area contributed by atoms with E-state index in [1.54, 1.807) is 7.11 Å². The SMILES string of the molecule is COc1ccccc1-c1noc(C2C=CC(N)C2)n1. The molecule has 0 spiro atoms. The molecule has 1 aliphatic carbocycles. The first kappa shape index (κ1) is 11.9. The quantitative estimate of drug-likeness (QED) is 0.852. The Balaban J connectivity index is 1.91. The summed E-state index contributed by atoms with van der Waals surface area (Å²) in [6, 6.07) is 7.67. The number of nitrogens with two attached hydrogens (primary N) is 1. The second kappa shape index (κ2) is 4.85. The Kier molecular flexibility index (Phi) is 3.05. The highest BCUT2D eigenvalue weighted by Gasteiger charge is 2.23. The third-order valence-corrected chi connectivity index (χ3v) is 3.22. The van der Waals surface area contributed by atoms with Crippen LogP contribution in [0.3, 0.4) is 0 Å². The van der Waals surface area contributed by atoms with Gasteiger partial charge in [0.05, 0.1) is 18.6 Å². The van der Waals surface area contributed by atoms with Gasteiger partial charge in [0.25, 0.3) is 0 Å². The molecule has 0 saturated carbocycles. The van der Waals surface area contributed by atoms with Gasteiger partial charge in [0.1, 0.15) is 5.75 Å². The third-order valence-electron chi connectivity index (χ3n) is 3.22. The lowest BCUT2D eigenvalue weighted by Crippen LogP contribution is -2.14. The van der Waals surface area contributed by atoms with Crippen molar-refractivity contribution < 1.29 is 9.26 Å². The second-order valence-electron chi connectivity index (χ2n) is 4.55. The first-order valence-electron chi connectivity index (χ1n) is 6.19. The number of ether oxygens (including phenoxy) is 1. The van der Waals surface area contributed by atoms with E-state index >= 15 is 0 Å². The second-order valence-corrected chi connectivity index (χ2v) is 4.55. The average molecular weight is 257 g/mol. The number of allylic oxidation sites excluding steroid dienone is 1. The molecule has 1 heterocycles. The number of methoxy groups -OCH3 is 1. The fourth-order valence-corrected chi connectivity index (χ4v) is 2.23. The maximum Gasteiger partial charge on any atom is 0.233 e. The van der Waals surface area contributed by atoms with E-state index in [0.29, 0.717) is 11.7 Å². The average Bonchev–Trinajstić information content (AvgIpc) is 3.07. The zero-order valence-electron chi connectivity index (χ0n) is 10.6. The maximum absolute atomic E-state index is 5.83. The fourth-order valence-electron chi connectivity index (χ4n) is 2.23. The summed E-state index contributed by atoms with van der Waals surface area (Å²) in [6.07, 6.45) is 4.80. The van der Waals surface area contributed by atoms with E-state index in [0.717, 1.165) is 17.7 Å². The van der Waals surface area contributed by atoms with Crippen molar-refractivity contribution in [2.75, 3.05) is 7.11 Å². The van der Waals surface area contributed by atoms with Crippen LogP contribution in [0.1, 0.15) is 18.2 Å². The molecule has 3 rings (SSSR count). The Morgan fingerprint density at radius 3 is 2.89 bits per heavy atom. The van der Waals surface area contributed by atoms with Crippen molar-refractivity contribution in [2.45, 2.75) is 18.4 Å². The molecule has 2 atom stereocenters. The van der Waals surface area contributed by atoms with Crippen molar-refractivity contribution in [1.29, 1.82) is 0 Å². The van der Waals surface area contributed by atoms with Crippen LogP contribution < -0.4 is 10.5 Å². The number of para-hydroxylation sites is 1. The molecule has 0 fully saturated rings. The number of benzene rings is 1. The summed E-state index contributed by atoms with van der Waals surface area (Å²) in [4.78, 5) is 4.44. The largest absolute Gasteiger partial charge is 0.496 e. The lowest BCUT2D eigenvalue weighted by Gasteiger charge is -2.03. The third kappa shape index (κ3) is 2.24. The predicted molar refractivity (Wildman–Crippen MR) is 70.8 cm³/mol. The van der Waals surface area contributed by atoms with Crippen LogP contribution >= 0.6 is 0 Å². The van der Waals surface area contributed by atoms with Gasteiger partial charge in [-0.1, -0.05) is 29.4 Å². The Morgan fingerprint density at radius 2 is 2.16 bits per heavy atom. The molecule has 1 aliphatic rings. The van der Waals surface area contributed by atoms with Crippen molar-refractivity contribution in [1.82, 2.24) is 10.1 Å². The minimum atomic E-state index is 0.0756. The highest BCUT2D eigenvalue weighted by atomic mass is 16.5. The summed E-state index contributed by atoms with van der Waals surface area (Å²) in [5.74, 6) is 1.99. The predicted octanol–water partition coefficient (Wildman–Crippen LogP) is 2.12. The van der Waals surface area contributed by atoms with Crippen LogP contribution in [0.25, 0.3) is 11.4 Å². The van der Waals surface area contributed by atoms with Gasteiger partial charge in [-0.15, -0.1) is 0 Å². The van der Waals surface area contributed by atoms with Crippen molar-refractivity contribution >= 4 is 0 Å². The Bertz CT molecular complexity index is 606. The van der Waals surface area contributed by atoms with E-state index in [1.807, 2.05) is 36.4 Å². The summed E-state index contributed by atoms with van der Waals surface area (Å²) < 4.78 is 10.6. The van der Waals surface area contributed by atoms with Gasteiger partial charge in [0.2, 0.25) is 11.7 Å². The zero-order chi connectivity index (χ0) is 13.2. The highest BCUT2D eigenvalue weighted by Crippen LogP contribution is 2.31. The molecule has 2 unspecified atom stereocenters. The van der Waals surface area contributed by atoms with E-state index in [9.17, 15) is 0 Å². The number of nitrogens with zero attached hydrogens (tertiary/aromatic N) is 2. The maximum atomic E-state index is 5.83. The topological polar surface area (TPSA) is 74.2 Å². The van der Waals surface area contributed by atoms with Crippen molar-refractivity contribution in [3.05, 3.63) is 42.3 Å². The van der Waals surface area contributed by atoms with Gasteiger partial charge in [0, 0.05) is 6.04 Å². The Morgan fingerprint density at radius 1 is 1.32 bits per heavy atom. The van der Waals surface area contributed by atoms with Gasteiger partial charge in [-0.2, -0.15) is 4.98 Å². The standard InChI is InChI=1S/C14H15N3O2/c1-18-12-5-3-2-4-11(12)13-16-14(19-17-13)9-6-7-10(15)8-9/h2-7,9-10H,8,15H2,1H3. The molecule has 0 saturated heterocycles. The van der Waals surface area contributed by atoms with E-state index in [4.69, 9.17) is 15.0 Å². The normalized spacial score (nSPS) is 21.8. The first-order valence-corrected chi connectivity index (χ1v) is 6.19. The fraction of sp³-hybridized carbons (Fsp3) is 0.286. The molecular formula is C14H15N3O2. The zero-order valence-corrected chi connectivity index (χ0v) is 10.6. The number of hydrogen-bond acceptors (Lipinski definition) is 5. The van der Waals surface area contributed by atoms with Gasteiger partial charge >= 0.3 is 0 Å². The molecule has 1 aromatic carbocycles. The monoisotopic (exact) mass is 257 g/mol. The van der Waals surface area contributed by atoms with E-state index in [-0.39, 0.29) is 12.0 Å².